The van der Waals surface area contributed by atoms with Crippen LogP contribution >= 0.6 is 0 Å². The van der Waals surface area contributed by atoms with E-state index in [1.807, 2.05) is 39.0 Å². The molecule has 1 fully saturated rings. The third kappa shape index (κ3) is 2.96. The van der Waals surface area contributed by atoms with Crippen molar-refractivity contribution >= 4 is 5.91 Å². The molecule has 5 nitrogen and oxygen atoms in total. The lowest BCUT2D eigenvalue weighted by Crippen LogP contribution is -2.27. The van der Waals surface area contributed by atoms with Crippen LogP contribution in [0.5, 0.6) is 0 Å². The van der Waals surface area contributed by atoms with E-state index in [2.05, 4.69) is 32.6 Å². The molecule has 110 valence electrons. The first-order valence-corrected chi connectivity index (χ1v) is 7.24. The van der Waals surface area contributed by atoms with E-state index in [1.165, 1.54) is 5.56 Å². The van der Waals surface area contributed by atoms with Crippen LogP contribution in [0.1, 0.15) is 55.1 Å². The fourth-order valence-corrected chi connectivity index (χ4v) is 2.35. The van der Waals surface area contributed by atoms with Crippen molar-refractivity contribution in [3.05, 3.63) is 47.5 Å². The van der Waals surface area contributed by atoms with Gasteiger partial charge in [-0.3, -0.25) is 9.89 Å². The summed E-state index contributed by atoms with van der Waals surface area (Å²) in [5, 5.41) is 9.85. The number of aromatic nitrogens is 3. The standard InChI is InChI=1S/C16H20N4O/c1-16(2,3)15-18-13(19-20-15)14(21)17-12-9-11(12)10-7-5-4-6-8-10/h4-8,11-12H,9H2,1-3H3,(H,17,21)(H,18,19,20). The van der Waals surface area contributed by atoms with Crippen LogP contribution in [0.4, 0.5) is 0 Å². The number of aromatic amines is 1. The van der Waals surface area contributed by atoms with Crippen LogP contribution in [-0.2, 0) is 5.41 Å². The molecule has 1 heterocycles. The zero-order chi connectivity index (χ0) is 15.0. The van der Waals surface area contributed by atoms with Gasteiger partial charge in [0.15, 0.2) is 0 Å². The molecule has 1 saturated carbocycles. The number of nitrogens with one attached hydrogen (secondary N) is 2. The van der Waals surface area contributed by atoms with Crippen LogP contribution in [0, 0.1) is 0 Å². The van der Waals surface area contributed by atoms with E-state index in [1.54, 1.807) is 0 Å². The molecule has 0 saturated heterocycles. The molecule has 0 spiro atoms. The van der Waals surface area contributed by atoms with Crippen molar-refractivity contribution in [3.8, 4) is 0 Å². The summed E-state index contributed by atoms with van der Waals surface area (Å²) in [6.45, 7) is 6.09. The monoisotopic (exact) mass is 284 g/mol. The highest BCUT2D eigenvalue weighted by Gasteiger charge is 2.40. The Morgan fingerprint density at radius 3 is 2.62 bits per heavy atom. The number of hydrogen-bond donors (Lipinski definition) is 2. The number of rotatable bonds is 3. The van der Waals surface area contributed by atoms with Gasteiger partial charge in [-0.1, -0.05) is 51.1 Å². The van der Waals surface area contributed by atoms with Crippen LogP contribution in [0.25, 0.3) is 0 Å². The number of carbonyl (C=O) groups excluding carboxylic acids is 1. The summed E-state index contributed by atoms with van der Waals surface area (Å²) in [6, 6.07) is 10.4. The molecule has 0 bridgehead atoms. The third-order valence-corrected chi connectivity index (χ3v) is 3.73. The van der Waals surface area contributed by atoms with Gasteiger partial charge in [-0.25, -0.2) is 4.98 Å². The van der Waals surface area contributed by atoms with Gasteiger partial charge >= 0.3 is 0 Å². The molecule has 0 radical (unpaired) electrons. The lowest BCUT2D eigenvalue weighted by atomic mass is 9.96. The Bertz CT molecular complexity index is 642. The average Bonchev–Trinajstić information content (AvgIpc) is 3.01. The van der Waals surface area contributed by atoms with E-state index in [4.69, 9.17) is 0 Å². The molecule has 3 rings (SSSR count). The van der Waals surface area contributed by atoms with Crippen LogP contribution in [0.2, 0.25) is 0 Å². The maximum atomic E-state index is 12.2. The fraction of sp³-hybridized carbons (Fsp3) is 0.438. The quantitative estimate of drug-likeness (QED) is 0.909. The minimum atomic E-state index is -0.204. The van der Waals surface area contributed by atoms with Crippen LogP contribution < -0.4 is 5.32 Å². The first-order valence-electron chi connectivity index (χ1n) is 7.24. The maximum absolute atomic E-state index is 12.2. The van der Waals surface area contributed by atoms with Gasteiger partial charge in [0.25, 0.3) is 5.91 Å². The molecule has 21 heavy (non-hydrogen) atoms. The number of benzene rings is 1. The number of H-pyrrole nitrogens is 1. The molecule has 2 unspecified atom stereocenters. The van der Waals surface area contributed by atoms with Gasteiger partial charge in [0.1, 0.15) is 5.82 Å². The average molecular weight is 284 g/mol. The Balaban J connectivity index is 1.62. The van der Waals surface area contributed by atoms with Gasteiger partial charge in [0, 0.05) is 17.4 Å². The van der Waals surface area contributed by atoms with Crippen molar-refractivity contribution in [1.82, 2.24) is 20.5 Å². The van der Waals surface area contributed by atoms with Crippen LogP contribution in [0.3, 0.4) is 0 Å². The molecule has 0 aliphatic heterocycles. The highest BCUT2D eigenvalue weighted by molar-refractivity contribution is 5.90. The Morgan fingerprint density at radius 1 is 1.29 bits per heavy atom. The number of amides is 1. The molecule has 1 amide bonds. The summed E-state index contributed by atoms with van der Waals surface area (Å²) >= 11 is 0. The zero-order valence-electron chi connectivity index (χ0n) is 12.6. The summed E-state index contributed by atoms with van der Waals surface area (Å²) in [7, 11) is 0. The van der Waals surface area contributed by atoms with E-state index in [0.29, 0.717) is 5.92 Å². The predicted octanol–water partition coefficient (Wildman–Crippen LogP) is 2.39. The highest BCUT2D eigenvalue weighted by atomic mass is 16.2. The molecule has 1 aliphatic rings. The van der Waals surface area contributed by atoms with Crippen molar-refractivity contribution in [3.63, 3.8) is 0 Å². The molecule has 1 aromatic heterocycles. The summed E-state index contributed by atoms with van der Waals surface area (Å²) in [4.78, 5) is 16.4. The topological polar surface area (TPSA) is 70.7 Å². The number of nitrogens with zero attached hydrogens (tertiary/aromatic N) is 2. The van der Waals surface area contributed by atoms with Crippen LogP contribution in [-0.4, -0.2) is 27.1 Å². The van der Waals surface area contributed by atoms with Crippen molar-refractivity contribution in [2.24, 2.45) is 0 Å². The molecular weight excluding hydrogens is 264 g/mol. The summed E-state index contributed by atoms with van der Waals surface area (Å²) in [5.74, 6) is 1.16. The van der Waals surface area contributed by atoms with Gasteiger partial charge in [0.2, 0.25) is 5.82 Å². The van der Waals surface area contributed by atoms with Gasteiger partial charge in [-0.05, 0) is 12.0 Å². The molecule has 2 N–H and O–H groups in total. The summed E-state index contributed by atoms with van der Waals surface area (Å²) in [5.41, 5.74) is 1.13. The number of carbonyl (C=O) groups is 1. The SMILES string of the molecule is CC(C)(C)c1nc(C(=O)NC2CC2c2ccccc2)n[nH]1. The molecule has 1 aromatic carbocycles. The Kier molecular flexibility index (Phi) is 3.27. The van der Waals surface area contributed by atoms with Crippen molar-refractivity contribution in [2.75, 3.05) is 0 Å². The van der Waals surface area contributed by atoms with Crippen molar-refractivity contribution in [2.45, 2.75) is 44.6 Å². The second kappa shape index (κ2) is 4.98. The van der Waals surface area contributed by atoms with Crippen molar-refractivity contribution in [1.29, 1.82) is 0 Å². The van der Waals surface area contributed by atoms with E-state index in [-0.39, 0.29) is 23.2 Å². The van der Waals surface area contributed by atoms with Gasteiger partial charge < -0.3 is 5.32 Å². The third-order valence-electron chi connectivity index (χ3n) is 3.73. The second-order valence-corrected chi connectivity index (χ2v) is 6.59. The maximum Gasteiger partial charge on any atom is 0.291 e. The molecule has 1 aliphatic carbocycles. The van der Waals surface area contributed by atoms with Gasteiger partial charge in [-0.2, -0.15) is 0 Å². The fourth-order valence-electron chi connectivity index (χ4n) is 2.35. The van der Waals surface area contributed by atoms with E-state index in [9.17, 15) is 4.79 Å². The Labute approximate surface area is 124 Å². The minimum absolute atomic E-state index is 0.141. The molecular formula is C16H20N4O. The lowest BCUT2D eigenvalue weighted by molar-refractivity contribution is 0.0940. The summed E-state index contributed by atoms with van der Waals surface area (Å²) < 4.78 is 0. The van der Waals surface area contributed by atoms with E-state index >= 15 is 0 Å². The van der Waals surface area contributed by atoms with E-state index < -0.39 is 0 Å². The lowest BCUT2D eigenvalue weighted by Gasteiger charge is -2.12. The first-order chi connectivity index (χ1) is 9.95. The molecule has 2 atom stereocenters. The molecule has 5 heteroatoms. The van der Waals surface area contributed by atoms with Gasteiger partial charge in [0.05, 0.1) is 0 Å². The van der Waals surface area contributed by atoms with E-state index in [0.717, 1.165) is 12.2 Å². The predicted molar refractivity (Wildman–Crippen MR) is 80.1 cm³/mol. The molecule has 2 aromatic rings. The van der Waals surface area contributed by atoms with Gasteiger partial charge in [-0.15, -0.1) is 5.10 Å². The normalized spacial score (nSPS) is 21.1. The second-order valence-electron chi connectivity index (χ2n) is 6.59. The summed E-state index contributed by atoms with van der Waals surface area (Å²) in [6.07, 6.45) is 0.978. The first kappa shape index (κ1) is 13.8. The Hall–Kier alpha value is -2.17. The Morgan fingerprint density at radius 2 is 2.00 bits per heavy atom. The number of hydrogen-bond acceptors (Lipinski definition) is 3. The van der Waals surface area contributed by atoms with Crippen molar-refractivity contribution < 1.29 is 4.79 Å². The minimum Gasteiger partial charge on any atom is -0.346 e. The highest BCUT2D eigenvalue weighted by Crippen LogP contribution is 2.40. The smallest absolute Gasteiger partial charge is 0.291 e. The largest absolute Gasteiger partial charge is 0.346 e. The zero-order valence-corrected chi connectivity index (χ0v) is 12.6. The van der Waals surface area contributed by atoms with Crippen LogP contribution in [0.15, 0.2) is 30.3 Å².